The number of nitrogens with zero attached hydrogens (tertiary/aromatic N) is 1. The molecule has 0 N–H and O–H groups in total. The van der Waals surface area contributed by atoms with Crippen LogP contribution in [0.1, 0.15) is 32.3 Å². The molecular weight excluding hydrogens is 334 g/mol. The summed E-state index contributed by atoms with van der Waals surface area (Å²) in [6, 6.07) is 4.32. The van der Waals surface area contributed by atoms with E-state index >= 15 is 0 Å². The third kappa shape index (κ3) is 12.3. The molecule has 0 aliphatic rings. The topological polar surface area (TPSA) is 70.3 Å². The average molecular weight is 356 g/mol. The molecule has 0 bridgehead atoms. The molecule has 0 saturated carbocycles. The highest BCUT2D eigenvalue weighted by Gasteiger charge is 1.99. The Morgan fingerprint density at radius 1 is 1.37 bits per heavy atom. The largest absolute Gasteiger partial charge is 0.726 e. The molecule has 0 aliphatic carbocycles. The number of pyridine rings is 1. The highest BCUT2D eigenvalue weighted by Crippen LogP contribution is 1.95. The average Bonchev–Trinajstić information content (AvgIpc) is 2.36. The van der Waals surface area contributed by atoms with Crippen LogP contribution in [0.15, 0.2) is 24.5 Å². The van der Waals surface area contributed by atoms with Crippen molar-refractivity contribution in [2.75, 3.05) is 7.11 Å². The van der Waals surface area contributed by atoms with Crippen LogP contribution in [0.2, 0.25) is 0 Å². The van der Waals surface area contributed by atoms with E-state index < -0.39 is 10.4 Å². The van der Waals surface area contributed by atoms with Gasteiger partial charge in [0.25, 0.3) is 0 Å². The molecule has 19 heavy (non-hydrogen) atoms. The Morgan fingerprint density at radius 3 is 2.37 bits per heavy atom. The molecule has 5 nitrogen and oxygen atoms in total. The van der Waals surface area contributed by atoms with Gasteiger partial charge in [-0.25, -0.2) is 13.0 Å². The molecule has 0 atom stereocenters. The summed E-state index contributed by atoms with van der Waals surface area (Å²) in [5.41, 5.74) is 1.42. The van der Waals surface area contributed by atoms with Crippen molar-refractivity contribution < 1.29 is 21.7 Å². The lowest BCUT2D eigenvalue weighted by molar-refractivity contribution is -0.697. The van der Waals surface area contributed by atoms with Gasteiger partial charge >= 0.3 is 0 Å². The Balaban J connectivity index is 0. The number of unbranched alkanes of at least 4 members (excludes halogenated alkanes) is 1. The third-order valence-corrected chi connectivity index (χ3v) is 2.71. The van der Waals surface area contributed by atoms with E-state index in [1.54, 1.807) is 0 Å². The molecule has 1 heterocycles. The first-order chi connectivity index (χ1) is 8.42. The van der Waals surface area contributed by atoms with Crippen molar-refractivity contribution >= 4 is 27.4 Å². The normalized spacial score (nSPS) is 10.1. The Hall–Kier alpha value is -0.500. The molecule has 1 rings (SSSR count). The summed E-state index contributed by atoms with van der Waals surface area (Å²) < 4.78 is 33.3. The lowest BCUT2D eigenvalue weighted by atomic mass is 10.2. The summed E-state index contributed by atoms with van der Waals surface area (Å²) in [5.74, 6) is 0. The zero-order valence-corrected chi connectivity index (χ0v) is 14.1. The van der Waals surface area contributed by atoms with Crippen molar-refractivity contribution in [3.63, 3.8) is 0 Å². The van der Waals surface area contributed by atoms with Crippen LogP contribution in [0, 0.1) is 0 Å². The van der Waals surface area contributed by atoms with Crippen molar-refractivity contribution in [2.24, 2.45) is 0 Å². The van der Waals surface area contributed by atoms with Gasteiger partial charge in [0.15, 0.2) is 12.4 Å². The van der Waals surface area contributed by atoms with Crippen LogP contribution in [0.4, 0.5) is 0 Å². The van der Waals surface area contributed by atoms with Crippen LogP contribution in [0.25, 0.3) is 0 Å². The maximum atomic E-state index is 9.22. The molecule has 7 heteroatoms. The first-order valence-electron chi connectivity index (χ1n) is 5.92. The first kappa shape index (κ1) is 20.8. The summed E-state index contributed by atoms with van der Waals surface area (Å²) in [7, 11) is -3.60. The van der Waals surface area contributed by atoms with E-state index in [-0.39, 0.29) is 17.0 Å². The van der Waals surface area contributed by atoms with Gasteiger partial charge in [-0.1, -0.05) is 20.3 Å². The maximum Gasteiger partial charge on any atom is 0.217 e. The molecule has 0 amide bonds. The first-order valence-corrected chi connectivity index (χ1v) is 7.25. The van der Waals surface area contributed by atoms with Gasteiger partial charge in [0, 0.05) is 18.1 Å². The number of aryl methyl sites for hydroxylation is 2. The maximum absolute atomic E-state index is 9.22. The number of hydrogen-bond donors (Lipinski definition) is 0. The number of hydrogen-bond acceptors (Lipinski definition) is 4. The highest BCUT2D eigenvalue weighted by molar-refractivity contribution is 8.93. The Morgan fingerprint density at radius 2 is 1.95 bits per heavy atom. The second-order valence-corrected chi connectivity index (χ2v) is 4.88. The van der Waals surface area contributed by atoms with Crippen LogP contribution in [0.5, 0.6) is 0 Å². The lowest BCUT2D eigenvalue weighted by Crippen LogP contribution is -2.33. The van der Waals surface area contributed by atoms with Gasteiger partial charge in [-0.3, -0.25) is 4.18 Å². The van der Waals surface area contributed by atoms with Crippen LogP contribution in [-0.2, 0) is 27.5 Å². The molecule has 0 aromatic carbocycles. The molecule has 0 unspecified atom stereocenters. The van der Waals surface area contributed by atoms with E-state index in [0.29, 0.717) is 0 Å². The lowest BCUT2D eigenvalue weighted by Gasteiger charge is -1.98. The minimum atomic E-state index is -4.41. The smallest absolute Gasteiger partial charge is 0.217 e. The summed E-state index contributed by atoms with van der Waals surface area (Å²) in [6.07, 6.45) is 8.07. The van der Waals surface area contributed by atoms with Gasteiger partial charge in [0.05, 0.1) is 7.11 Å². The molecule has 0 aliphatic heterocycles. The van der Waals surface area contributed by atoms with Crippen molar-refractivity contribution in [2.45, 2.75) is 39.7 Å². The monoisotopic (exact) mass is 355 g/mol. The fraction of sp³-hybridized carbons (Fsp3) is 0.583. The minimum absolute atomic E-state index is 0. The molecule has 1 aromatic heterocycles. The van der Waals surface area contributed by atoms with E-state index in [2.05, 4.69) is 47.1 Å². The van der Waals surface area contributed by atoms with Crippen LogP contribution in [-0.4, -0.2) is 20.1 Å². The Kier molecular flexibility index (Phi) is 12.4. The van der Waals surface area contributed by atoms with Gasteiger partial charge in [-0.15, -0.1) is 17.0 Å². The zero-order valence-electron chi connectivity index (χ0n) is 11.5. The summed E-state index contributed by atoms with van der Waals surface area (Å²) in [6.45, 7) is 5.58. The quantitative estimate of drug-likeness (QED) is 0.460. The molecule has 1 aromatic rings. The summed E-state index contributed by atoms with van der Waals surface area (Å²) in [5, 5.41) is 0. The van der Waals surface area contributed by atoms with Gasteiger partial charge in [0.1, 0.15) is 6.54 Å². The molecule has 0 saturated heterocycles. The molecule has 0 radical (unpaired) electrons. The fourth-order valence-electron chi connectivity index (χ4n) is 1.27. The molecule has 0 fully saturated rings. The van der Waals surface area contributed by atoms with Gasteiger partial charge in [-0.2, -0.15) is 0 Å². The van der Waals surface area contributed by atoms with Crippen molar-refractivity contribution in [3.8, 4) is 0 Å². The second kappa shape index (κ2) is 11.3. The standard InChI is InChI=1S/C11H18N.CH4O4S.BrH/c1-3-5-8-12-9-6-7-11(4-2)10-12;1-5-6(2,3)4;/h6-7,9-10H,3-5,8H2,1-2H3;1H3,(H,2,3,4);1H/q+1;;/p-1. The van der Waals surface area contributed by atoms with Crippen LogP contribution < -0.4 is 4.57 Å². The van der Waals surface area contributed by atoms with E-state index in [4.69, 9.17) is 0 Å². The zero-order chi connectivity index (χ0) is 14.0. The van der Waals surface area contributed by atoms with E-state index in [1.165, 1.54) is 18.4 Å². The van der Waals surface area contributed by atoms with E-state index in [1.807, 2.05) is 0 Å². The molecular formula is C12H22BrNO4S. The summed E-state index contributed by atoms with van der Waals surface area (Å²) >= 11 is 0. The van der Waals surface area contributed by atoms with Crippen molar-refractivity contribution in [1.82, 2.24) is 0 Å². The SMILES string of the molecule is Br.CCCC[n+]1cccc(CC)c1.COS(=O)(=O)[O-]. The Labute approximate surface area is 126 Å². The predicted octanol–water partition coefficient (Wildman–Crippen LogP) is 2.01. The van der Waals surface area contributed by atoms with Gasteiger partial charge < -0.3 is 4.55 Å². The molecule has 112 valence electrons. The van der Waals surface area contributed by atoms with Gasteiger partial charge in [0.2, 0.25) is 10.4 Å². The summed E-state index contributed by atoms with van der Waals surface area (Å²) in [4.78, 5) is 0. The Bertz CT molecular complexity index is 437. The van der Waals surface area contributed by atoms with E-state index in [0.717, 1.165) is 20.1 Å². The van der Waals surface area contributed by atoms with Gasteiger partial charge in [-0.05, 0) is 12.5 Å². The third-order valence-electron chi connectivity index (χ3n) is 2.30. The van der Waals surface area contributed by atoms with E-state index in [9.17, 15) is 13.0 Å². The predicted molar refractivity (Wildman–Crippen MR) is 78.0 cm³/mol. The second-order valence-electron chi connectivity index (χ2n) is 3.73. The van der Waals surface area contributed by atoms with Crippen molar-refractivity contribution in [1.29, 1.82) is 0 Å². The minimum Gasteiger partial charge on any atom is -0.726 e. The highest BCUT2D eigenvalue weighted by atomic mass is 79.9. The number of aromatic nitrogens is 1. The van der Waals surface area contributed by atoms with Crippen LogP contribution in [0.3, 0.4) is 0 Å². The van der Waals surface area contributed by atoms with Crippen LogP contribution >= 0.6 is 17.0 Å². The number of rotatable bonds is 5. The van der Waals surface area contributed by atoms with Crippen molar-refractivity contribution in [3.05, 3.63) is 30.1 Å². The molecule has 0 spiro atoms. The fourth-order valence-corrected chi connectivity index (χ4v) is 1.27. The number of halogens is 1.